The Labute approximate surface area is 97.3 Å². The first-order valence-electron chi connectivity index (χ1n) is 5.84. The number of benzene rings is 1. The first-order chi connectivity index (χ1) is 7.70. The van der Waals surface area contributed by atoms with Gasteiger partial charge in [-0.25, -0.2) is 0 Å². The summed E-state index contributed by atoms with van der Waals surface area (Å²) in [4.78, 5) is 4.76. The van der Waals surface area contributed by atoms with Crippen molar-refractivity contribution in [2.75, 3.05) is 38.1 Å². The van der Waals surface area contributed by atoms with Crippen LogP contribution >= 0.6 is 0 Å². The molecule has 1 aromatic carbocycles. The predicted molar refractivity (Wildman–Crippen MR) is 66.8 cm³/mol. The number of aliphatic hydroxyl groups excluding tert-OH is 1. The van der Waals surface area contributed by atoms with E-state index in [1.807, 2.05) is 6.07 Å². The van der Waals surface area contributed by atoms with Crippen LogP contribution in [0.5, 0.6) is 0 Å². The summed E-state index contributed by atoms with van der Waals surface area (Å²) in [5.74, 6) is 0. The van der Waals surface area contributed by atoms with Gasteiger partial charge in [0.15, 0.2) is 0 Å². The van der Waals surface area contributed by atoms with Gasteiger partial charge in [0.05, 0.1) is 6.61 Å². The molecule has 2 rings (SSSR count). The quantitative estimate of drug-likeness (QED) is 0.812. The zero-order valence-corrected chi connectivity index (χ0v) is 10.1. The number of nitrogens with zero attached hydrogens (tertiary/aromatic N) is 2. The van der Waals surface area contributed by atoms with E-state index in [4.69, 9.17) is 5.11 Å². The molecule has 3 nitrogen and oxygen atoms in total. The molecule has 1 fully saturated rings. The van der Waals surface area contributed by atoms with Crippen LogP contribution in [0.25, 0.3) is 0 Å². The Hall–Kier alpha value is -1.06. The third kappa shape index (κ3) is 2.36. The fourth-order valence-corrected chi connectivity index (χ4v) is 2.12. The summed E-state index contributed by atoms with van der Waals surface area (Å²) in [7, 11) is 2.16. The molecule has 0 unspecified atom stereocenters. The topological polar surface area (TPSA) is 26.7 Å². The normalized spacial score (nSPS) is 17.8. The van der Waals surface area contributed by atoms with Crippen molar-refractivity contribution in [1.29, 1.82) is 0 Å². The Kier molecular flexibility index (Phi) is 3.46. The molecular weight excluding hydrogens is 200 g/mol. The summed E-state index contributed by atoms with van der Waals surface area (Å²) < 4.78 is 0. The zero-order chi connectivity index (χ0) is 11.5. The lowest BCUT2D eigenvalue weighted by Gasteiger charge is -2.34. The molecule has 0 bridgehead atoms. The van der Waals surface area contributed by atoms with Gasteiger partial charge in [-0.15, -0.1) is 0 Å². The fraction of sp³-hybridized carbons (Fsp3) is 0.538. The molecule has 0 amide bonds. The number of anilines is 1. The van der Waals surface area contributed by atoms with Crippen LogP contribution in [0.2, 0.25) is 0 Å². The summed E-state index contributed by atoms with van der Waals surface area (Å²) in [5, 5.41) is 9.13. The number of rotatable bonds is 2. The largest absolute Gasteiger partial charge is 0.392 e. The van der Waals surface area contributed by atoms with Crippen LogP contribution in [-0.2, 0) is 6.61 Å². The Morgan fingerprint density at radius 3 is 2.44 bits per heavy atom. The summed E-state index contributed by atoms with van der Waals surface area (Å²) >= 11 is 0. The zero-order valence-electron chi connectivity index (χ0n) is 10.1. The minimum Gasteiger partial charge on any atom is -0.392 e. The van der Waals surface area contributed by atoms with E-state index in [1.165, 1.54) is 11.3 Å². The second kappa shape index (κ2) is 4.85. The van der Waals surface area contributed by atoms with Gasteiger partial charge in [-0.2, -0.15) is 0 Å². The molecular formula is C13H20N2O. The summed E-state index contributed by atoms with van der Waals surface area (Å²) in [6, 6.07) is 6.32. The number of aryl methyl sites for hydroxylation is 1. The minimum atomic E-state index is 0.134. The average molecular weight is 220 g/mol. The van der Waals surface area contributed by atoms with Gasteiger partial charge in [-0.1, -0.05) is 6.07 Å². The van der Waals surface area contributed by atoms with Gasteiger partial charge < -0.3 is 14.9 Å². The van der Waals surface area contributed by atoms with Gasteiger partial charge in [0.1, 0.15) is 0 Å². The molecule has 1 aliphatic heterocycles. The highest BCUT2D eigenvalue weighted by Gasteiger charge is 2.14. The van der Waals surface area contributed by atoms with Gasteiger partial charge in [-0.05, 0) is 37.2 Å². The minimum absolute atomic E-state index is 0.134. The van der Waals surface area contributed by atoms with Gasteiger partial charge in [0, 0.05) is 31.9 Å². The molecule has 0 aliphatic carbocycles. The van der Waals surface area contributed by atoms with Crippen LogP contribution in [-0.4, -0.2) is 43.2 Å². The third-order valence-corrected chi connectivity index (χ3v) is 3.36. The maximum Gasteiger partial charge on any atom is 0.0684 e. The highest BCUT2D eigenvalue weighted by Crippen LogP contribution is 2.20. The molecule has 0 spiro atoms. The Morgan fingerprint density at radius 2 is 1.88 bits per heavy atom. The molecule has 1 heterocycles. The van der Waals surface area contributed by atoms with Crippen molar-refractivity contribution in [3.63, 3.8) is 0 Å². The van der Waals surface area contributed by atoms with E-state index in [0.29, 0.717) is 0 Å². The summed E-state index contributed by atoms with van der Waals surface area (Å²) in [6.45, 7) is 6.63. The van der Waals surface area contributed by atoms with Crippen molar-refractivity contribution in [3.05, 3.63) is 29.3 Å². The lowest BCUT2D eigenvalue weighted by molar-refractivity contribution is 0.281. The van der Waals surface area contributed by atoms with Crippen molar-refractivity contribution in [2.24, 2.45) is 0 Å². The predicted octanol–water partition coefficient (Wildman–Crippen LogP) is 1.24. The van der Waals surface area contributed by atoms with E-state index < -0.39 is 0 Å². The van der Waals surface area contributed by atoms with Crippen LogP contribution in [0, 0.1) is 6.92 Å². The molecule has 1 saturated heterocycles. The van der Waals surface area contributed by atoms with Crippen molar-refractivity contribution in [2.45, 2.75) is 13.5 Å². The monoisotopic (exact) mass is 220 g/mol. The standard InChI is InChI=1S/C13H20N2O/c1-11-9-13(4-3-12(11)10-16)15-7-5-14(2)6-8-15/h3-4,9,16H,5-8,10H2,1-2H3. The molecule has 3 heteroatoms. The highest BCUT2D eigenvalue weighted by atomic mass is 16.3. The molecule has 16 heavy (non-hydrogen) atoms. The van der Waals surface area contributed by atoms with E-state index in [-0.39, 0.29) is 6.61 Å². The van der Waals surface area contributed by atoms with Crippen LogP contribution in [0.15, 0.2) is 18.2 Å². The van der Waals surface area contributed by atoms with Gasteiger partial charge in [-0.3, -0.25) is 0 Å². The molecule has 0 saturated carbocycles. The van der Waals surface area contributed by atoms with Crippen molar-refractivity contribution < 1.29 is 5.11 Å². The van der Waals surface area contributed by atoms with E-state index in [0.717, 1.165) is 31.7 Å². The van der Waals surface area contributed by atoms with E-state index in [1.54, 1.807) is 0 Å². The summed E-state index contributed by atoms with van der Waals surface area (Å²) in [5.41, 5.74) is 3.49. The van der Waals surface area contributed by atoms with E-state index in [9.17, 15) is 0 Å². The van der Waals surface area contributed by atoms with Crippen molar-refractivity contribution in [1.82, 2.24) is 4.90 Å². The molecule has 0 atom stereocenters. The van der Waals surface area contributed by atoms with E-state index in [2.05, 4.69) is 35.9 Å². The molecule has 1 aromatic rings. The summed E-state index contributed by atoms with van der Waals surface area (Å²) in [6.07, 6.45) is 0. The smallest absolute Gasteiger partial charge is 0.0684 e. The van der Waals surface area contributed by atoms with Gasteiger partial charge in [0.2, 0.25) is 0 Å². The molecule has 88 valence electrons. The first-order valence-corrected chi connectivity index (χ1v) is 5.84. The van der Waals surface area contributed by atoms with Crippen LogP contribution in [0.1, 0.15) is 11.1 Å². The van der Waals surface area contributed by atoms with Crippen LogP contribution in [0.3, 0.4) is 0 Å². The SMILES string of the molecule is Cc1cc(N2CCN(C)CC2)ccc1CO. The third-order valence-electron chi connectivity index (χ3n) is 3.36. The van der Waals surface area contributed by atoms with Crippen molar-refractivity contribution >= 4 is 5.69 Å². The number of hydrogen-bond donors (Lipinski definition) is 1. The van der Waals surface area contributed by atoms with Crippen LogP contribution in [0.4, 0.5) is 5.69 Å². The number of piperazine rings is 1. The number of hydrogen-bond acceptors (Lipinski definition) is 3. The molecule has 1 N–H and O–H groups in total. The Morgan fingerprint density at radius 1 is 1.19 bits per heavy atom. The second-order valence-corrected chi connectivity index (χ2v) is 4.56. The maximum atomic E-state index is 9.13. The number of likely N-dealkylation sites (N-methyl/N-ethyl adjacent to an activating group) is 1. The highest BCUT2D eigenvalue weighted by molar-refractivity contribution is 5.51. The average Bonchev–Trinajstić information content (AvgIpc) is 2.30. The molecule has 1 aliphatic rings. The number of aliphatic hydroxyl groups is 1. The van der Waals surface area contributed by atoms with Gasteiger partial charge >= 0.3 is 0 Å². The second-order valence-electron chi connectivity index (χ2n) is 4.56. The van der Waals surface area contributed by atoms with Crippen LogP contribution < -0.4 is 4.90 Å². The lowest BCUT2D eigenvalue weighted by Crippen LogP contribution is -2.44. The Balaban J connectivity index is 2.12. The maximum absolute atomic E-state index is 9.13. The molecule has 0 radical (unpaired) electrons. The Bertz CT molecular complexity index is 357. The van der Waals surface area contributed by atoms with Crippen molar-refractivity contribution in [3.8, 4) is 0 Å². The molecule has 0 aromatic heterocycles. The van der Waals surface area contributed by atoms with Gasteiger partial charge in [0.25, 0.3) is 0 Å². The van der Waals surface area contributed by atoms with E-state index >= 15 is 0 Å². The fourth-order valence-electron chi connectivity index (χ4n) is 2.12. The first kappa shape index (κ1) is 11.4. The lowest BCUT2D eigenvalue weighted by atomic mass is 10.1.